The lowest BCUT2D eigenvalue weighted by Crippen LogP contribution is -2.35. The van der Waals surface area contributed by atoms with E-state index in [1.165, 1.54) is 10.8 Å². The summed E-state index contributed by atoms with van der Waals surface area (Å²) in [5, 5.41) is 24.7. The molecule has 0 unspecified atom stereocenters. The molecule has 2 aromatic heterocycles. The van der Waals surface area contributed by atoms with E-state index in [0.29, 0.717) is 17.0 Å². The fraction of sp³-hybridized carbons (Fsp3) is 0.562. The van der Waals surface area contributed by atoms with Crippen LogP contribution in [0.3, 0.4) is 0 Å². The number of esters is 1. The van der Waals surface area contributed by atoms with Gasteiger partial charge in [0.15, 0.2) is 5.82 Å². The number of aromatic nitrogens is 3. The van der Waals surface area contributed by atoms with Crippen LogP contribution in [0.15, 0.2) is 18.5 Å². The molecule has 4 N–H and O–H groups in total. The quantitative estimate of drug-likeness (QED) is 0.662. The molecule has 3 heterocycles. The van der Waals surface area contributed by atoms with E-state index >= 15 is 0 Å². The van der Waals surface area contributed by atoms with Crippen molar-refractivity contribution in [2.45, 2.75) is 45.2 Å². The Morgan fingerprint density at radius 1 is 1.36 bits per heavy atom. The van der Waals surface area contributed by atoms with Gasteiger partial charge in [-0.3, -0.25) is 4.79 Å². The van der Waals surface area contributed by atoms with Gasteiger partial charge in [-0.1, -0.05) is 0 Å². The second-order valence-corrected chi connectivity index (χ2v) is 7.13. The van der Waals surface area contributed by atoms with Crippen molar-refractivity contribution in [2.75, 3.05) is 12.3 Å². The summed E-state index contributed by atoms with van der Waals surface area (Å²) in [4.78, 5) is 15.8. The monoisotopic (exact) mass is 350 g/mol. The molecule has 0 saturated carbocycles. The van der Waals surface area contributed by atoms with Gasteiger partial charge in [0.2, 0.25) is 0 Å². The van der Waals surface area contributed by atoms with Gasteiger partial charge in [-0.25, -0.2) is 9.50 Å². The van der Waals surface area contributed by atoms with Gasteiger partial charge >= 0.3 is 5.97 Å². The number of fused-ring (bicyclic) bond motifs is 1. The van der Waals surface area contributed by atoms with Gasteiger partial charge in [0, 0.05) is 0 Å². The van der Waals surface area contributed by atoms with E-state index in [0.717, 1.165) is 0 Å². The van der Waals surface area contributed by atoms with E-state index in [9.17, 15) is 15.0 Å². The Labute approximate surface area is 144 Å². The summed E-state index contributed by atoms with van der Waals surface area (Å²) < 4.78 is 12.4. The second kappa shape index (κ2) is 6.25. The van der Waals surface area contributed by atoms with Gasteiger partial charge in [-0.05, 0) is 32.9 Å². The molecule has 136 valence electrons. The first kappa shape index (κ1) is 17.6. The van der Waals surface area contributed by atoms with Crippen LogP contribution in [0.5, 0.6) is 0 Å². The molecule has 0 aromatic carbocycles. The van der Waals surface area contributed by atoms with Crippen LogP contribution >= 0.6 is 0 Å². The van der Waals surface area contributed by atoms with Crippen molar-refractivity contribution in [2.24, 2.45) is 5.41 Å². The van der Waals surface area contributed by atoms with Crippen molar-refractivity contribution in [1.82, 2.24) is 14.6 Å². The lowest BCUT2D eigenvalue weighted by molar-refractivity contribution is -0.158. The minimum atomic E-state index is -1.19. The number of ether oxygens (including phenoxy) is 2. The Kier molecular flexibility index (Phi) is 4.40. The largest absolute Gasteiger partial charge is 0.462 e. The molecule has 3 rings (SSSR count). The number of hydrogen-bond donors (Lipinski definition) is 3. The van der Waals surface area contributed by atoms with Crippen molar-refractivity contribution in [3.8, 4) is 0 Å². The maximum Gasteiger partial charge on any atom is 0.311 e. The highest BCUT2D eigenvalue weighted by Crippen LogP contribution is 2.35. The first-order chi connectivity index (χ1) is 11.7. The number of carbonyl (C=O) groups is 1. The van der Waals surface area contributed by atoms with Crippen LogP contribution in [0, 0.1) is 5.41 Å². The topological polar surface area (TPSA) is 132 Å². The normalized spacial score (nSPS) is 26.9. The molecule has 1 aliphatic heterocycles. The zero-order chi connectivity index (χ0) is 18.4. The first-order valence-electron chi connectivity index (χ1n) is 7.97. The summed E-state index contributed by atoms with van der Waals surface area (Å²) in [7, 11) is 0. The highest BCUT2D eigenvalue weighted by atomic mass is 16.6. The van der Waals surface area contributed by atoms with Crippen molar-refractivity contribution in [3.05, 3.63) is 24.2 Å². The summed E-state index contributed by atoms with van der Waals surface area (Å²) in [6.45, 7) is 5.05. The number of aliphatic hydroxyl groups is 2. The summed E-state index contributed by atoms with van der Waals surface area (Å²) in [5.41, 5.74) is 6.24. The number of nitrogens with zero attached hydrogens (tertiary/aromatic N) is 3. The number of rotatable bonds is 3. The summed E-state index contributed by atoms with van der Waals surface area (Å²) >= 11 is 0. The highest BCUT2D eigenvalue weighted by Gasteiger charge is 2.45. The van der Waals surface area contributed by atoms with Crippen molar-refractivity contribution < 1.29 is 24.5 Å². The highest BCUT2D eigenvalue weighted by molar-refractivity contribution is 5.75. The Morgan fingerprint density at radius 3 is 2.76 bits per heavy atom. The lowest BCUT2D eigenvalue weighted by Gasteiger charge is -2.20. The van der Waals surface area contributed by atoms with Crippen LogP contribution in [0.2, 0.25) is 0 Å². The van der Waals surface area contributed by atoms with Crippen LogP contribution in [-0.4, -0.2) is 55.7 Å². The molecule has 25 heavy (non-hydrogen) atoms. The summed E-state index contributed by atoms with van der Waals surface area (Å²) in [5.74, 6) is -0.111. The predicted octanol–water partition coefficient (Wildman–Crippen LogP) is 0.0625. The molecule has 9 heteroatoms. The van der Waals surface area contributed by atoms with E-state index in [4.69, 9.17) is 15.2 Å². The Balaban J connectivity index is 1.78. The minimum Gasteiger partial charge on any atom is -0.462 e. The molecule has 0 bridgehead atoms. The molecule has 0 amide bonds. The average molecular weight is 350 g/mol. The van der Waals surface area contributed by atoms with Crippen molar-refractivity contribution in [1.29, 1.82) is 0 Å². The van der Waals surface area contributed by atoms with E-state index in [2.05, 4.69) is 10.1 Å². The van der Waals surface area contributed by atoms with Crippen LogP contribution in [0.1, 0.15) is 32.6 Å². The fourth-order valence-electron chi connectivity index (χ4n) is 2.69. The molecule has 1 fully saturated rings. The van der Waals surface area contributed by atoms with Crippen LogP contribution in [0.25, 0.3) is 5.52 Å². The molecule has 1 aliphatic rings. The molecular weight excluding hydrogens is 328 g/mol. The number of hydrogen-bond acceptors (Lipinski definition) is 8. The van der Waals surface area contributed by atoms with Gasteiger partial charge in [-0.15, -0.1) is 0 Å². The van der Waals surface area contributed by atoms with Crippen LogP contribution in [0.4, 0.5) is 5.82 Å². The average Bonchev–Trinajstić information content (AvgIpc) is 3.08. The van der Waals surface area contributed by atoms with E-state index in [1.54, 1.807) is 32.9 Å². The van der Waals surface area contributed by atoms with Gasteiger partial charge in [-0.2, -0.15) is 5.10 Å². The number of anilines is 1. The van der Waals surface area contributed by atoms with E-state index < -0.39 is 35.8 Å². The maximum atomic E-state index is 11.9. The predicted molar refractivity (Wildman–Crippen MR) is 87.4 cm³/mol. The number of aliphatic hydroxyl groups excluding tert-OH is 2. The zero-order valence-corrected chi connectivity index (χ0v) is 14.3. The van der Waals surface area contributed by atoms with Gasteiger partial charge in [0.05, 0.1) is 11.1 Å². The third-order valence-corrected chi connectivity index (χ3v) is 4.16. The number of nitrogens with two attached hydrogens (primary N) is 1. The molecule has 4 atom stereocenters. The summed E-state index contributed by atoms with van der Waals surface area (Å²) in [6.07, 6.45) is -2.75. The smallest absolute Gasteiger partial charge is 0.311 e. The summed E-state index contributed by atoms with van der Waals surface area (Å²) in [6, 6.07) is 3.41. The molecule has 0 aliphatic carbocycles. The van der Waals surface area contributed by atoms with E-state index in [1.807, 2.05) is 0 Å². The maximum absolute atomic E-state index is 11.9. The molecule has 0 spiro atoms. The second-order valence-electron chi connectivity index (χ2n) is 7.13. The lowest BCUT2D eigenvalue weighted by atomic mass is 9.97. The fourth-order valence-corrected chi connectivity index (χ4v) is 2.69. The van der Waals surface area contributed by atoms with Crippen molar-refractivity contribution >= 4 is 17.3 Å². The third-order valence-electron chi connectivity index (χ3n) is 4.16. The van der Waals surface area contributed by atoms with Crippen LogP contribution in [-0.2, 0) is 14.3 Å². The standard InChI is InChI=1S/C16H22N4O5/c1-16(2,3)15(23)24-6-10-11(21)12(22)13(25-10)8-4-5-9-14(17)18-7-19-20(8)9/h4-5,7,10-13,21-22H,6H2,1-3H3,(H2,17,18,19)/t10-,11-,12-,13+/m1/s1. The molecular formula is C16H22N4O5. The minimum absolute atomic E-state index is 0.148. The number of nitrogen functional groups attached to an aromatic ring is 1. The molecule has 9 nitrogen and oxygen atoms in total. The first-order valence-corrected chi connectivity index (χ1v) is 7.97. The third kappa shape index (κ3) is 3.17. The Bertz CT molecular complexity index is 784. The van der Waals surface area contributed by atoms with E-state index in [-0.39, 0.29) is 6.61 Å². The Morgan fingerprint density at radius 2 is 2.08 bits per heavy atom. The SMILES string of the molecule is CC(C)(C)C(=O)OC[C@H]1O[C@@H](c2ccc3c(N)ncnn23)[C@H](O)[C@@H]1O. The van der Waals surface area contributed by atoms with Crippen LogP contribution < -0.4 is 5.73 Å². The van der Waals surface area contributed by atoms with Gasteiger partial charge in [0.1, 0.15) is 42.9 Å². The zero-order valence-electron chi connectivity index (χ0n) is 14.3. The van der Waals surface area contributed by atoms with Gasteiger partial charge in [0.25, 0.3) is 0 Å². The van der Waals surface area contributed by atoms with Crippen molar-refractivity contribution in [3.63, 3.8) is 0 Å². The Hall–Kier alpha value is -2.23. The van der Waals surface area contributed by atoms with Gasteiger partial charge < -0.3 is 25.4 Å². The molecule has 0 radical (unpaired) electrons. The molecule has 1 saturated heterocycles. The number of carbonyl (C=O) groups excluding carboxylic acids is 1. The molecule has 2 aromatic rings.